The molecule has 0 spiro atoms. The van der Waals surface area contributed by atoms with Crippen molar-refractivity contribution in [1.82, 2.24) is 30.6 Å². The summed E-state index contributed by atoms with van der Waals surface area (Å²) in [5.41, 5.74) is 14.1. The zero-order valence-corrected chi connectivity index (χ0v) is 22.4. The molecule has 2 heterocycles. The third-order valence-corrected chi connectivity index (χ3v) is 7.17. The van der Waals surface area contributed by atoms with Gasteiger partial charge in [-0.3, -0.25) is 9.59 Å². The number of hydrogen-bond donors (Lipinski definition) is 6. The maximum atomic E-state index is 12.6. The molecule has 3 aromatic rings. The lowest BCUT2D eigenvalue weighted by Crippen LogP contribution is -2.34. The van der Waals surface area contributed by atoms with Crippen LogP contribution in [-0.4, -0.2) is 57.4 Å². The fourth-order valence-corrected chi connectivity index (χ4v) is 4.61. The lowest BCUT2D eigenvalue weighted by Gasteiger charge is -2.15. The van der Waals surface area contributed by atoms with E-state index in [9.17, 15) is 14.4 Å². The van der Waals surface area contributed by atoms with Crippen molar-refractivity contribution in [2.75, 3.05) is 23.3 Å². The van der Waals surface area contributed by atoms with Gasteiger partial charge in [0.25, 0.3) is 5.91 Å². The Kier molecular flexibility index (Phi) is 9.30. The standard InChI is InChI=1S/C24H35N9O3Si/c1-15(5-10-19(34)27-11-4-12-37(2,3)36)30-23(35)16-6-8-17(9-7-16)28-13-18-14-29-22-20(31-18)21(25)32-24(26)33-22/h6-9,14-15,28,36H,4-5,10-13H2,1-3H3,(H,27,34)(H,30,35)(H4,25,26,29,32,33)/t15-/m1/s1. The fourth-order valence-electron chi connectivity index (χ4n) is 3.56. The first kappa shape index (κ1) is 27.7. The number of nitrogens with two attached hydrogens (primary N) is 2. The van der Waals surface area contributed by atoms with Gasteiger partial charge in [0, 0.05) is 30.3 Å². The summed E-state index contributed by atoms with van der Waals surface area (Å²) < 4.78 is 0. The summed E-state index contributed by atoms with van der Waals surface area (Å²) in [7, 11) is -2.07. The molecule has 0 aliphatic carbocycles. The molecular formula is C24H35N9O3Si. The molecule has 2 amide bonds. The molecule has 0 saturated heterocycles. The zero-order valence-electron chi connectivity index (χ0n) is 21.4. The van der Waals surface area contributed by atoms with E-state index in [1.54, 1.807) is 30.5 Å². The van der Waals surface area contributed by atoms with E-state index in [1.165, 1.54) is 0 Å². The molecule has 1 aromatic carbocycles. The summed E-state index contributed by atoms with van der Waals surface area (Å²) in [6.45, 7) is 6.58. The van der Waals surface area contributed by atoms with Crippen LogP contribution >= 0.6 is 0 Å². The number of nitrogens with one attached hydrogen (secondary N) is 3. The van der Waals surface area contributed by atoms with Crippen molar-refractivity contribution in [2.24, 2.45) is 0 Å². The van der Waals surface area contributed by atoms with Gasteiger partial charge in [-0.15, -0.1) is 0 Å². The van der Waals surface area contributed by atoms with Crippen molar-refractivity contribution in [2.45, 2.75) is 57.9 Å². The second kappa shape index (κ2) is 12.4. The van der Waals surface area contributed by atoms with Crippen molar-refractivity contribution < 1.29 is 14.4 Å². The van der Waals surface area contributed by atoms with Crippen LogP contribution < -0.4 is 27.4 Å². The summed E-state index contributed by atoms with van der Waals surface area (Å²) in [6, 6.07) is 7.66. The molecule has 0 fully saturated rings. The first-order chi connectivity index (χ1) is 17.5. The predicted octanol–water partition coefficient (Wildman–Crippen LogP) is 1.80. The number of hydrogen-bond acceptors (Lipinski definition) is 10. The van der Waals surface area contributed by atoms with E-state index >= 15 is 0 Å². The quantitative estimate of drug-likeness (QED) is 0.150. The zero-order chi connectivity index (χ0) is 27.0. The maximum absolute atomic E-state index is 12.6. The van der Waals surface area contributed by atoms with Crippen LogP contribution in [0.3, 0.4) is 0 Å². The van der Waals surface area contributed by atoms with E-state index in [0.29, 0.717) is 48.4 Å². The average molecular weight is 526 g/mol. The number of aromatic nitrogens is 4. The van der Waals surface area contributed by atoms with Crippen LogP contribution in [0.4, 0.5) is 17.5 Å². The Bertz CT molecular complexity index is 1230. The molecule has 12 nitrogen and oxygen atoms in total. The van der Waals surface area contributed by atoms with Crippen LogP contribution in [-0.2, 0) is 11.3 Å². The highest BCUT2D eigenvalue weighted by molar-refractivity contribution is 6.69. The van der Waals surface area contributed by atoms with Gasteiger partial charge in [0.2, 0.25) is 11.9 Å². The van der Waals surface area contributed by atoms with Gasteiger partial charge in [-0.2, -0.15) is 9.97 Å². The van der Waals surface area contributed by atoms with Crippen LogP contribution in [0.2, 0.25) is 19.1 Å². The minimum absolute atomic E-state index is 0.0462. The van der Waals surface area contributed by atoms with Crippen molar-refractivity contribution in [1.29, 1.82) is 0 Å². The van der Waals surface area contributed by atoms with E-state index in [-0.39, 0.29) is 29.6 Å². The molecule has 13 heteroatoms. The highest BCUT2D eigenvalue weighted by Gasteiger charge is 2.16. The summed E-state index contributed by atoms with van der Waals surface area (Å²) >= 11 is 0. The number of amides is 2. The molecule has 0 unspecified atom stereocenters. The highest BCUT2D eigenvalue weighted by Crippen LogP contribution is 2.16. The molecule has 0 aliphatic rings. The van der Waals surface area contributed by atoms with Crippen LogP contribution in [0.5, 0.6) is 0 Å². The number of fused-ring (bicyclic) bond motifs is 1. The number of anilines is 3. The largest absolute Gasteiger partial charge is 0.432 e. The first-order valence-corrected chi connectivity index (χ1v) is 15.3. The van der Waals surface area contributed by atoms with E-state index in [1.807, 2.05) is 20.0 Å². The Morgan fingerprint density at radius 1 is 1.11 bits per heavy atom. The second-order valence-electron chi connectivity index (χ2n) is 9.61. The predicted molar refractivity (Wildman–Crippen MR) is 146 cm³/mol. The van der Waals surface area contributed by atoms with Crippen molar-refractivity contribution in [3.05, 3.63) is 41.7 Å². The molecule has 0 radical (unpaired) electrons. The number of nitrogen functional groups attached to an aromatic ring is 2. The summed E-state index contributed by atoms with van der Waals surface area (Å²) in [5, 5.41) is 9.02. The third kappa shape index (κ3) is 8.95. The molecule has 198 valence electrons. The Labute approximate surface area is 216 Å². The van der Waals surface area contributed by atoms with Gasteiger partial charge in [-0.25, -0.2) is 9.97 Å². The van der Waals surface area contributed by atoms with Crippen molar-refractivity contribution in [3.63, 3.8) is 0 Å². The monoisotopic (exact) mass is 525 g/mol. The van der Waals surface area contributed by atoms with Gasteiger partial charge in [-0.1, -0.05) is 0 Å². The summed E-state index contributed by atoms with van der Waals surface area (Å²) in [6.07, 6.45) is 3.22. The Balaban J connectivity index is 1.42. The van der Waals surface area contributed by atoms with E-state index in [2.05, 4.69) is 35.9 Å². The first-order valence-electron chi connectivity index (χ1n) is 12.2. The van der Waals surface area contributed by atoms with Gasteiger partial charge >= 0.3 is 0 Å². The van der Waals surface area contributed by atoms with Gasteiger partial charge in [-0.05, 0) is 63.2 Å². The number of nitrogens with zero attached hydrogens (tertiary/aromatic N) is 4. The molecule has 0 bridgehead atoms. The third-order valence-electron chi connectivity index (χ3n) is 5.59. The number of carbonyl (C=O) groups excluding carboxylic acids is 2. The minimum atomic E-state index is -2.07. The molecule has 0 saturated carbocycles. The van der Waals surface area contributed by atoms with Crippen LogP contribution in [0.15, 0.2) is 30.5 Å². The Hall–Kier alpha value is -3.84. The van der Waals surface area contributed by atoms with E-state index < -0.39 is 8.32 Å². The van der Waals surface area contributed by atoms with Gasteiger partial charge < -0.3 is 32.2 Å². The van der Waals surface area contributed by atoms with Gasteiger partial charge in [0.05, 0.1) is 18.4 Å². The van der Waals surface area contributed by atoms with Crippen molar-refractivity contribution in [3.8, 4) is 0 Å². The van der Waals surface area contributed by atoms with E-state index in [0.717, 1.165) is 18.2 Å². The van der Waals surface area contributed by atoms with Crippen LogP contribution in [0.1, 0.15) is 42.2 Å². The topological polar surface area (TPSA) is 194 Å². The smallest absolute Gasteiger partial charge is 0.251 e. The molecule has 3 rings (SSSR count). The SMILES string of the molecule is C[C@H](CCC(=O)NCCC[Si](C)(C)O)NC(=O)c1ccc(NCc2cnc3nc(N)nc(N)c3n2)cc1. The Morgan fingerprint density at radius 2 is 1.84 bits per heavy atom. The molecular weight excluding hydrogens is 490 g/mol. The van der Waals surface area contributed by atoms with Gasteiger partial charge in [0.1, 0.15) is 0 Å². The van der Waals surface area contributed by atoms with Crippen molar-refractivity contribution >= 4 is 48.7 Å². The van der Waals surface area contributed by atoms with Crippen LogP contribution in [0.25, 0.3) is 11.2 Å². The molecule has 0 aliphatic heterocycles. The molecule has 8 N–H and O–H groups in total. The normalized spacial score (nSPS) is 12.2. The molecule has 2 aromatic heterocycles. The lowest BCUT2D eigenvalue weighted by molar-refractivity contribution is -0.121. The van der Waals surface area contributed by atoms with Crippen LogP contribution in [0, 0.1) is 0 Å². The number of carbonyl (C=O) groups is 2. The lowest BCUT2D eigenvalue weighted by atomic mass is 10.1. The summed E-state index contributed by atoms with van der Waals surface area (Å²) in [5.74, 6) is -0.0374. The average Bonchev–Trinajstić information content (AvgIpc) is 2.84. The number of rotatable bonds is 12. The molecule has 37 heavy (non-hydrogen) atoms. The highest BCUT2D eigenvalue weighted by atomic mass is 28.4. The number of benzene rings is 1. The minimum Gasteiger partial charge on any atom is -0.432 e. The van der Waals surface area contributed by atoms with E-state index in [4.69, 9.17) is 11.5 Å². The van der Waals surface area contributed by atoms with Gasteiger partial charge in [0.15, 0.2) is 25.3 Å². The molecule has 1 atom stereocenters. The fraction of sp³-hybridized carbons (Fsp3) is 0.417. The Morgan fingerprint density at radius 3 is 2.54 bits per heavy atom. The summed E-state index contributed by atoms with van der Waals surface area (Å²) in [4.78, 5) is 51.0. The second-order valence-corrected chi connectivity index (χ2v) is 13.7. The maximum Gasteiger partial charge on any atom is 0.251 e.